The third-order valence-corrected chi connectivity index (χ3v) is 8.18. The molecule has 0 N–H and O–H groups in total. The molecule has 2 heterocycles. The first kappa shape index (κ1) is 25.4. The SMILES string of the molecule is CC1CCCN(c2ncc(C(=O)N(C)CCc3ccccc3)c(C3(c4ccc(F)cc4)CCCC3)n2)C1. The molecule has 1 amide bonds. The van der Waals surface area contributed by atoms with Crippen LogP contribution in [-0.4, -0.2) is 47.5 Å². The average Bonchev–Trinajstić information content (AvgIpc) is 3.43. The predicted molar refractivity (Wildman–Crippen MR) is 145 cm³/mol. The number of carbonyl (C=O) groups is 1. The fourth-order valence-corrected chi connectivity index (χ4v) is 6.08. The molecule has 1 atom stereocenters. The van der Waals surface area contributed by atoms with Crippen molar-refractivity contribution in [3.8, 4) is 0 Å². The van der Waals surface area contributed by atoms with Gasteiger partial charge in [0.15, 0.2) is 0 Å². The number of hydrogen-bond donors (Lipinski definition) is 0. The molecule has 5 nitrogen and oxygen atoms in total. The van der Waals surface area contributed by atoms with Gasteiger partial charge in [0.2, 0.25) is 5.95 Å². The molecule has 2 aliphatic rings. The van der Waals surface area contributed by atoms with Gasteiger partial charge in [0, 0.05) is 38.3 Å². The average molecular weight is 501 g/mol. The Bertz CT molecular complexity index is 1210. The Morgan fingerprint density at radius 1 is 1.08 bits per heavy atom. The van der Waals surface area contributed by atoms with E-state index in [9.17, 15) is 9.18 Å². The highest BCUT2D eigenvalue weighted by molar-refractivity contribution is 5.95. The van der Waals surface area contributed by atoms with Crippen molar-refractivity contribution >= 4 is 11.9 Å². The van der Waals surface area contributed by atoms with Crippen molar-refractivity contribution in [1.82, 2.24) is 14.9 Å². The molecule has 1 saturated carbocycles. The smallest absolute Gasteiger partial charge is 0.257 e. The van der Waals surface area contributed by atoms with E-state index in [1.807, 2.05) is 37.4 Å². The van der Waals surface area contributed by atoms with Gasteiger partial charge in [-0.3, -0.25) is 4.79 Å². The standard InChI is InChI=1S/C31H37FN4O/c1-23-9-8-19-36(22-23)30-33-21-27(29(37)35(2)20-16-24-10-4-3-5-11-24)28(34-30)31(17-6-7-18-31)25-12-14-26(32)15-13-25/h3-5,10-15,21,23H,6-9,16-20,22H2,1-2H3. The van der Waals surface area contributed by atoms with E-state index in [2.05, 4.69) is 24.0 Å². The van der Waals surface area contributed by atoms with E-state index in [0.717, 1.165) is 62.9 Å². The molecule has 1 aromatic heterocycles. The third-order valence-electron chi connectivity index (χ3n) is 8.18. The maximum absolute atomic E-state index is 13.9. The lowest BCUT2D eigenvalue weighted by Crippen LogP contribution is -2.38. The number of halogens is 1. The summed E-state index contributed by atoms with van der Waals surface area (Å²) >= 11 is 0. The zero-order chi connectivity index (χ0) is 25.8. The summed E-state index contributed by atoms with van der Waals surface area (Å²) in [4.78, 5) is 27.8. The van der Waals surface area contributed by atoms with Gasteiger partial charge in [-0.2, -0.15) is 0 Å². The van der Waals surface area contributed by atoms with Crippen LogP contribution >= 0.6 is 0 Å². The lowest BCUT2D eigenvalue weighted by Gasteiger charge is -2.35. The van der Waals surface area contributed by atoms with Crippen LogP contribution in [0.5, 0.6) is 0 Å². The Morgan fingerprint density at radius 3 is 2.51 bits per heavy atom. The van der Waals surface area contributed by atoms with Crippen molar-refractivity contribution in [2.75, 3.05) is 31.6 Å². The summed E-state index contributed by atoms with van der Waals surface area (Å²) in [5.74, 6) is 0.986. The summed E-state index contributed by atoms with van der Waals surface area (Å²) in [5, 5.41) is 0. The van der Waals surface area contributed by atoms with Crippen molar-refractivity contribution < 1.29 is 9.18 Å². The third kappa shape index (κ3) is 5.39. The van der Waals surface area contributed by atoms with Crippen LogP contribution in [0.25, 0.3) is 0 Å². The molecule has 0 spiro atoms. The molecule has 6 heteroatoms. The molecule has 1 aliphatic carbocycles. The monoisotopic (exact) mass is 500 g/mol. The summed E-state index contributed by atoms with van der Waals surface area (Å²) < 4.78 is 13.9. The fraction of sp³-hybridized carbons (Fsp3) is 0.452. The van der Waals surface area contributed by atoms with Crippen LogP contribution in [0.1, 0.15) is 72.6 Å². The van der Waals surface area contributed by atoms with E-state index >= 15 is 0 Å². The first-order valence-corrected chi connectivity index (χ1v) is 13.6. The first-order valence-electron chi connectivity index (χ1n) is 13.6. The highest BCUT2D eigenvalue weighted by Crippen LogP contribution is 2.47. The van der Waals surface area contributed by atoms with Crippen LogP contribution in [0.4, 0.5) is 10.3 Å². The van der Waals surface area contributed by atoms with Crippen molar-refractivity contribution in [1.29, 1.82) is 0 Å². The molecule has 1 unspecified atom stereocenters. The lowest BCUT2D eigenvalue weighted by molar-refractivity contribution is 0.0793. The van der Waals surface area contributed by atoms with Gasteiger partial charge in [0.05, 0.1) is 11.3 Å². The lowest BCUT2D eigenvalue weighted by atomic mass is 9.74. The molecule has 1 saturated heterocycles. The second kappa shape index (κ2) is 11.0. The first-order chi connectivity index (χ1) is 18.0. The van der Waals surface area contributed by atoms with Crippen molar-refractivity contribution in [2.45, 2.75) is 57.3 Å². The van der Waals surface area contributed by atoms with Crippen LogP contribution in [0, 0.1) is 11.7 Å². The summed E-state index contributed by atoms with van der Waals surface area (Å²) in [5.41, 5.74) is 3.18. The summed E-state index contributed by atoms with van der Waals surface area (Å²) in [6.07, 6.45) is 8.74. The number of hydrogen-bond acceptors (Lipinski definition) is 4. The number of nitrogens with zero attached hydrogens (tertiary/aromatic N) is 4. The van der Waals surface area contributed by atoms with Gasteiger partial charge < -0.3 is 9.80 Å². The molecule has 2 aromatic carbocycles. The molecule has 1 aliphatic heterocycles. The molecule has 37 heavy (non-hydrogen) atoms. The fourth-order valence-electron chi connectivity index (χ4n) is 6.08. The second-order valence-electron chi connectivity index (χ2n) is 10.9. The highest BCUT2D eigenvalue weighted by atomic mass is 19.1. The molecule has 194 valence electrons. The largest absolute Gasteiger partial charge is 0.341 e. The van der Waals surface area contributed by atoms with Gasteiger partial charge in [-0.05, 0) is 61.3 Å². The van der Waals surface area contributed by atoms with Crippen LogP contribution in [0.2, 0.25) is 0 Å². The van der Waals surface area contributed by atoms with Gasteiger partial charge >= 0.3 is 0 Å². The topological polar surface area (TPSA) is 49.3 Å². The molecule has 0 bridgehead atoms. The van der Waals surface area contributed by atoms with E-state index in [-0.39, 0.29) is 11.7 Å². The Balaban J connectivity index is 1.53. The van der Waals surface area contributed by atoms with Crippen molar-refractivity contribution in [2.24, 2.45) is 5.92 Å². The number of carbonyl (C=O) groups excluding carboxylic acids is 1. The number of anilines is 1. The molecular weight excluding hydrogens is 463 g/mol. The highest BCUT2D eigenvalue weighted by Gasteiger charge is 2.42. The van der Waals surface area contributed by atoms with E-state index in [1.54, 1.807) is 11.1 Å². The molecule has 2 fully saturated rings. The van der Waals surface area contributed by atoms with E-state index < -0.39 is 5.41 Å². The number of rotatable bonds is 7. The van der Waals surface area contributed by atoms with Gasteiger partial charge in [-0.15, -0.1) is 0 Å². The maximum atomic E-state index is 13.9. The zero-order valence-corrected chi connectivity index (χ0v) is 22.0. The minimum Gasteiger partial charge on any atom is -0.341 e. The maximum Gasteiger partial charge on any atom is 0.257 e. The van der Waals surface area contributed by atoms with Crippen LogP contribution in [0.3, 0.4) is 0 Å². The van der Waals surface area contributed by atoms with Crippen LogP contribution in [-0.2, 0) is 11.8 Å². The molecule has 0 radical (unpaired) electrons. The minimum absolute atomic E-state index is 0.0575. The molecule has 3 aromatic rings. The predicted octanol–water partition coefficient (Wildman–Crippen LogP) is 6.03. The summed E-state index contributed by atoms with van der Waals surface area (Å²) in [6.45, 7) is 4.73. The molecule has 5 rings (SSSR count). The van der Waals surface area contributed by atoms with Crippen LogP contribution < -0.4 is 4.90 Å². The Labute approximate surface area is 219 Å². The zero-order valence-electron chi connectivity index (χ0n) is 22.0. The van der Waals surface area contributed by atoms with Gasteiger partial charge in [0.1, 0.15) is 5.82 Å². The number of amides is 1. The minimum atomic E-state index is -0.419. The van der Waals surface area contributed by atoms with Gasteiger partial charge in [0.25, 0.3) is 5.91 Å². The Kier molecular flexibility index (Phi) is 7.54. The summed E-state index contributed by atoms with van der Waals surface area (Å²) in [6, 6.07) is 17.0. The number of aromatic nitrogens is 2. The number of benzene rings is 2. The van der Waals surface area contributed by atoms with Gasteiger partial charge in [-0.25, -0.2) is 14.4 Å². The van der Waals surface area contributed by atoms with Gasteiger partial charge in [-0.1, -0.05) is 62.2 Å². The molecular formula is C31H37FN4O. The number of likely N-dealkylation sites (N-methyl/N-ethyl adjacent to an activating group) is 1. The quantitative estimate of drug-likeness (QED) is 0.398. The second-order valence-corrected chi connectivity index (χ2v) is 10.9. The summed E-state index contributed by atoms with van der Waals surface area (Å²) in [7, 11) is 1.86. The Hall–Kier alpha value is -3.28. The number of piperidine rings is 1. The van der Waals surface area contributed by atoms with E-state index in [0.29, 0.717) is 24.0 Å². The normalized spacial score (nSPS) is 19.1. The van der Waals surface area contributed by atoms with E-state index in [1.165, 1.54) is 24.1 Å². The van der Waals surface area contributed by atoms with Crippen molar-refractivity contribution in [3.63, 3.8) is 0 Å². The van der Waals surface area contributed by atoms with Crippen LogP contribution in [0.15, 0.2) is 60.8 Å². The van der Waals surface area contributed by atoms with E-state index in [4.69, 9.17) is 9.97 Å². The Morgan fingerprint density at radius 2 is 1.81 bits per heavy atom. The van der Waals surface area contributed by atoms with Crippen molar-refractivity contribution in [3.05, 3.63) is 89.0 Å².